The van der Waals surface area contributed by atoms with Gasteiger partial charge in [0.15, 0.2) is 14.4 Å². The maximum absolute atomic E-state index is 12.9. The highest BCUT2D eigenvalue weighted by molar-refractivity contribution is 7.09. The van der Waals surface area contributed by atoms with E-state index in [1.165, 1.54) is 18.3 Å². The van der Waals surface area contributed by atoms with Gasteiger partial charge in [0.05, 0.1) is 12.3 Å². The van der Waals surface area contributed by atoms with Crippen LogP contribution in [-0.2, 0) is 25.3 Å². The second-order valence-electron chi connectivity index (χ2n) is 11.6. The second kappa shape index (κ2) is 12.0. The molecular weight excluding hydrogens is 468 g/mol. The van der Waals surface area contributed by atoms with Crippen molar-refractivity contribution < 1.29 is 23.5 Å². The fourth-order valence-electron chi connectivity index (χ4n) is 3.21. The molecule has 1 amide bonds. The van der Waals surface area contributed by atoms with Gasteiger partial charge in [-0.3, -0.25) is 4.79 Å². The highest BCUT2D eigenvalue weighted by Crippen LogP contribution is 2.37. The number of esters is 1. The van der Waals surface area contributed by atoms with Gasteiger partial charge in [-0.05, 0) is 51.7 Å². The molecule has 2 atom stereocenters. The Labute approximate surface area is 211 Å². The van der Waals surface area contributed by atoms with Crippen LogP contribution in [-0.4, -0.2) is 48.5 Å². The Hall–Kier alpha value is -1.45. The lowest BCUT2D eigenvalue weighted by Crippen LogP contribution is -2.46. The zero-order chi connectivity index (χ0) is 26.5. The molecule has 7 nitrogen and oxygen atoms in total. The number of amides is 1. The quantitative estimate of drug-likeness (QED) is 0.248. The molecule has 34 heavy (non-hydrogen) atoms. The molecule has 0 aromatic carbocycles. The Bertz CT molecular complexity index is 811. The van der Waals surface area contributed by atoms with Crippen molar-refractivity contribution >= 4 is 31.7 Å². The number of carbonyl (C=O) groups is 2. The van der Waals surface area contributed by atoms with Crippen LogP contribution in [0, 0.1) is 5.92 Å². The third-order valence-corrected chi connectivity index (χ3v) is 11.6. The Kier molecular flexibility index (Phi) is 10.8. The number of carbonyl (C=O) groups excluding carboxylic acids is 2. The smallest absolute Gasteiger partial charge is 0.410 e. The summed E-state index contributed by atoms with van der Waals surface area (Å²) in [5, 5.41) is 2.80. The Morgan fingerprint density at radius 2 is 1.74 bits per heavy atom. The first-order chi connectivity index (χ1) is 15.4. The molecule has 1 aromatic rings. The molecule has 0 radical (unpaired) electrons. The monoisotopic (exact) mass is 514 g/mol. The predicted octanol–water partition coefficient (Wildman–Crippen LogP) is 6.94. The van der Waals surface area contributed by atoms with Crippen LogP contribution in [0.15, 0.2) is 5.38 Å². The normalized spacial score (nSPS) is 14.6. The Balaban J connectivity index is 3.12. The summed E-state index contributed by atoms with van der Waals surface area (Å²) in [5.74, 6) is -0.242. The summed E-state index contributed by atoms with van der Waals surface area (Å²) in [6, 6.07) is -0.181. The fraction of sp³-hybridized carbons (Fsp3) is 0.800. The Morgan fingerprint density at radius 1 is 1.15 bits per heavy atom. The van der Waals surface area contributed by atoms with Crippen molar-refractivity contribution in [3.8, 4) is 0 Å². The molecule has 196 valence electrons. The van der Waals surface area contributed by atoms with E-state index in [1.807, 2.05) is 33.1 Å². The van der Waals surface area contributed by atoms with Gasteiger partial charge in [0.2, 0.25) is 0 Å². The Morgan fingerprint density at radius 3 is 2.18 bits per heavy atom. The van der Waals surface area contributed by atoms with E-state index in [-0.39, 0.29) is 29.1 Å². The number of aromatic nitrogens is 1. The summed E-state index contributed by atoms with van der Waals surface area (Å²) in [7, 11) is -1.90. The largest absolute Gasteiger partial charge is 0.455 e. The van der Waals surface area contributed by atoms with Crippen molar-refractivity contribution in [3.63, 3.8) is 0 Å². The molecule has 0 saturated heterocycles. The highest BCUT2D eigenvalue weighted by atomic mass is 32.1. The van der Waals surface area contributed by atoms with Crippen molar-refractivity contribution in [3.05, 3.63) is 16.1 Å². The molecule has 1 rings (SSSR count). The molecule has 0 saturated carbocycles. The van der Waals surface area contributed by atoms with Gasteiger partial charge in [-0.25, -0.2) is 9.78 Å². The van der Waals surface area contributed by atoms with E-state index in [4.69, 9.17) is 18.9 Å². The van der Waals surface area contributed by atoms with Gasteiger partial charge in [0.25, 0.3) is 0 Å². The van der Waals surface area contributed by atoms with Gasteiger partial charge < -0.3 is 18.8 Å². The molecule has 0 aliphatic heterocycles. The number of hydrogen-bond donors (Lipinski definition) is 0. The summed E-state index contributed by atoms with van der Waals surface area (Å²) in [6.07, 6.45) is -0.466. The standard InChI is InChI=1S/C25H46N2O5SSi/c1-13-27(23(29)32-24(5,6)7)20(17(2)3)14-21(31-18(4)28)22-26-19(16-33-22)15-30-34(11,12)25(8,9)10/h16-17,20-21H,13-15H2,1-12H3. The molecule has 0 bridgehead atoms. The van der Waals surface area contributed by atoms with Crippen LogP contribution in [0.2, 0.25) is 18.1 Å². The molecule has 2 unspecified atom stereocenters. The van der Waals surface area contributed by atoms with Gasteiger partial charge >= 0.3 is 12.1 Å². The minimum Gasteiger partial charge on any atom is -0.455 e. The zero-order valence-electron chi connectivity index (χ0n) is 23.3. The van der Waals surface area contributed by atoms with Gasteiger partial charge in [-0.15, -0.1) is 11.3 Å². The van der Waals surface area contributed by atoms with Gasteiger partial charge in [-0.1, -0.05) is 34.6 Å². The summed E-state index contributed by atoms with van der Waals surface area (Å²) < 4.78 is 17.7. The molecule has 9 heteroatoms. The molecule has 0 fully saturated rings. The molecule has 1 aromatic heterocycles. The molecule has 0 N–H and O–H groups in total. The van der Waals surface area contributed by atoms with Gasteiger partial charge in [0, 0.05) is 31.3 Å². The lowest BCUT2D eigenvalue weighted by atomic mass is 9.96. The maximum Gasteiger partial charge on any atom is 0.410 e. The SMILES string of the molecule is CCN(C(=O)OC(C)(C)C)C(CC(OC(C)=O)c1nc(CO[Si](C)(C)C(C)(C)C)cs1)C(C)C. The maximum atomic E-state index is 12.9. The van der Waals surface area contributed by atoms with Crippen molar-refractivity contribution in [2.45, 2.75) is 118 Å². The summed E-state index contributed by atoms with van der Waals surface area (Å²) in [6.45, 7) is 25.0. The average molecular weight is 515 g/mol. The van der Waals surface area contributed by atoms with E-state index < -0.39 is 20.0 Å². The topological polar surface area (TPSA) is 78.0 Å². The summed E-state index contributed by atoms with van der Waals surface area (Å²) in [4.78, 5) is 31.3. The van der Waals surface area contributed by atoms with Crippen molar-refractivity contribution in [1.29, 1.82) is 0 Å². The number of thiazole rings is 1. The lowest BCUT2D eigenvalue weighted by Gasteiger charge is -2.36. The van der Waals surface area contributed by atoms with Crippen molar-refractivity contribution in [1.82, 2.24) is 9.88 Å². The molecule has 1 heterocycles. The average Bonchev–Trinajstić information content (AvgIpc) is 3.11. The van der Waals surface area contributed by atoms with E-state index in [0.29, 0.717) is 19.6 Å². The van der Waals surface area contributed by atoms with Crippen LogP contribution in [0.3, 0.4) is 0 Å². The predicted molar refractivity (Wildman–Crippen MR) is 140 cm³/mol. The molecule has 0 aliphatic rings. The first kappa shape index (κ1) is 30.6. The lowest BCUT2D eigenvalue weighted by molar-refractivity contribution is -0.147. The van der Waals surface area contributed by atoms with Crippen molar-refractivity contribution in [2.24, 2.45) is 5.92 Å². The van der Waals surface area contributed by atoms with Crippen molar-refractivity contribution in [2.75, 3.05) is 6.54 Å². The highest BCUT2D eigenvalue weighted by Gasteiger charge is 2.37. The molecule has 0 spiro atoms. The van der Waals surface area contributed by atoms with E-state index in [0.717, 1.165) is 10.7 Å². The summed E-state index contributed by atoms with van der Waals surface area (Å²) in [5.41, 5.74) is 0.248. The third kappa shape index (κ3) is 9.30. The zero-order valence-corrected chi connectivity index (χ0v) is 25.1. The molecular formula is C25H46N2O5SSi. The van der Waals surface area contributed by atoms with Crippen LogP contribution in [0.5, 0.6) is 0 Å². The summed E-state index contributed by atoms with van der Waals surface area (Å²) >= 11 is 1.46. The van der Waals surface area contributed by atoms with Gasteiger partial charge in [-0.2, -0.15) is 0 Å². The molecule has 0 aliphatic carbocycles. The first-order valence-electron chi connectivity index (χ1n) is 12.1. The van der Waals surface area contributed by atoms with E-state index in [1.54, 1.807) is 4.90 Å². The van der Waals surface area contributed by atoms with E-state index in [9.17, 15) is 9.59 Å². The minimum absolute atomic E-state index is 0.113. The van der Waals surface area contributed by atoms with E-state index >= 15 is 0 Å². The number of rotatable bonds is 10. The minimum atomic E-state index is -1.90. The second-order valence-corrected chi connectivity index (χ2v) is 17.3. The first-order valence-corrected chi connectivity index (χ1v) is 15.9. The van der Waals surface area contributed by atoms with Crippen LogP contribution >= 0.6 is 11.3 Å². The van der Waals surface area contributed by atoms with Crippen LogP contribution < -0.4 is 0 Å². The number of ether oxygens (including phenoxy) is 2. The third-order valence-electron chi connectivity index (χ3n) is 6.13. The van der Waals surface area contributed by atoms with Crippen LogP contribution in [0.25, 0.3) is 0 Å². The fourth-order valence-corrected chi connectivity index (χ4v) is 4.99. The van der Waals surface area contributed by atoms with E-state index in [2.05, 4.69) is 47.7 Å². The van der Waals surface area contributed by atoms with Crippen LogP contribution in [0.4, 0.5) is 4.79 Å². The van der Waals surface area contributed by atoms with Crippen LogP contribution in [0.1, 0.15) is 92.5 Å². The van der Waals surface area contributed by atoms with Gasteiger partial charge in [0.1, 0.15) is 10.6 Å². The number of nitrogens with zero attached hydrogens (tertiary/aromatic N) is 2. The number of hydrogen-bond acceptors (Lipinski definition) is 7.